The van der Waals surface area contributed by atoms with Crippen molar-refractivity contribution < 1.29 is 9.53 Å². The number of ether oxygens (including phenoxy) is 1. The van der Waals surface area contributed by atoms with Crippen LogP contribution in [0.5, 0.6) is 5.75 Å². The number of H-pyrrole nitrogens is 1. The molecule has 1 aliphatic rings. The zero-order valence-corrected chi connectivity index (χ0v) is 15.8. The number of piperidine rings is 1. The zero-order chi connectivity index (χ0) is 18.5. The van der Waals surface area contributed by atoms with Crippen LogP contribution in [-0.2, 0) is 0 Å². The molecule has 0 saturated carbocycles. The summed E-state index contributed by atoms with van der Waals surface area (Å²) < 4.78 is 5.16. The first-order valence-corrected chi connectivity index (χ1v) is 9.29. The van der Waals surface area contributed by atoms with E-state index >= 15 is 0 Å². The van der Waals surface area contributed by atoms with E-state index < -0.39 is 0 Å². The number of benzene rings is 1. The van der Waals surface area contributed by atoms with Gasteiger partial charge in [-0.1, -0.05) is 6.92 Å². The van der Waals surface area contributed by atoms with Crippen molar-refractivity contribution in [2.45, 2.75) is 32.7 Å². The number of amides is 1. The van der Waals surface area contributed by atoms with E-state index in [2.05, 4.69) is 34.3 Å². The van der Waals surface area contributed by atoms with Gasteiger partial charge in [0.2, 0.25) is 0 Å². The Morgan fingerprint density at radius 2 is 2.04 bits per heavy atom. The lowest BCUT2D eigenvalue weighted by molar-refractivity contribution is 0.0917. The van der Waals surface area contributed by atoms with Crippen molar-refractivity contribution in [3.8, 4) is 17.0 Å². The molecule has 2 heterocycles. The number of aromatic amines is 1. The van der Waals surface area contributed by atoms with E-state index in [-0.39, 0.29) is 5.91 Å². The molecule has 1 aromatic heterocycles. The predicted molar refractivity (Wildman–Crippen MR) is 102 cm³/mol. The van der Waals surface area contributed by atoms with Crippen molar-refractivity contribution in [1.82, 2.24) is 20.4 Å². The molecule has 26 heavy (non-hydrogen) atoms. The molecule has 1 amide bonds. The van der Waals surface area contributed by atoms with Gasteiger partial charge in [-0.05, 0) is 69.1 Å². The lowest BCUT2D eigenvalue weighted by Gasteiger charge is -2.34. The fraction of sp³-hybridized carbons (Fsp3) is 0.500. The Morgan fingerprint density at radius 1 is 1.35 bits per heavy atom. The average molecular weight is 356 g/mol. The van der Waals surface area contributed by atoms with E-state index in [1.807, 2.05) is 24.3 Å². The summed E-state index contributed by atoms with van der Waals surface area (Å²) in [5.74, 6) is 1.49. The normalized spacial score (nSPS) is 17.0. The van der Waals surface area contributed by atoms with E-state index in [0.717, 1.165) is 36.0 Å². The second-order valence-electron chi connectivity index (χ2n) is 7.17. The minimum Gasteiger partial charge on any atom is -0.497 e. The first-order valence-electron chi connectivity index (χ1n) is 9.29. The summed E-state index contributed by atoms with van der Waals surface area (Å²) in [6, 6.07) is 9.74. The van der Waals surface area contributed by atoms with Crippen LogP contribution >= 0.6 is 0 Å². The van der Waals surface area contributed by atoms with Gasteiger partial charge in [-0.25, -0.2) is 0 Å². The number of nitrogens with zero attached hydrogens (tertiary/aromatic N) is 2. The molecule has 1 saturated heterocycles. The van der Waals surface area contributed by atoms with Crippen LogP contribution in [0.1, 0.15) is 37.2 Å². The highest BCUT2D eigenvalue weighted by atomic mass is 16.5. The summed E-state index contributed by atoms with van der Waals surface area (Å²) in [6.07, 6.45) is 2.48. The molecule has 1 atom stereocenters. The highest BCUT2D eigenvalue weighted by Crippen LogP contribution is 2.21. The molecule has 2 aromatic rings. The third kappa shape index (κ3) is 4.43. The van der Waals surface area contributed by atoms with Crippen LogP contribution in [0.4, 0.5) is 0 Å². The maximum absolute atomic E-state index is 12.4. The van der Waals surface area contributed by atoms with E-state index in [9.17, 15) is 4.79 Å². The second-order valence-corrected chi connectivity index (χ2v) is 7.17. The summed E-state index contributed by atoms with van der Waals surface area (Å²) >= 11 is 0. The Kier molecular flexibility index (Phi) is 5.93. The van der Waals surface area contributed by atoms with Gasteiger partial charge in [-0.15, -0.1) is 0 Å². The summed E-state index contributed by atoms with van der Waals surface area (Å²) in [6.45, 7) is 7.35. The van der Waals surface area contributed by atoms with Crippen molar-refractivity contribution in [2.75, 3.05) is 26.7 Å². The van der Waals surface area contributed by atoms with Gasteiger partial charge < -0.3 is 10.1 Å². The molecular weight excluding hydrogens is 328 g/mol. The lowest BCUT2D eigenvalue weighted by Crippen LogP contribution is -2.45. The molecule has 1 aromatic carbocycles. The molecule has 6 heteroatoms. The van der Waals surface area contributed by atoms with Crippen LogP contribution in [0.3, 0.4) is 0 Å². The number of likely N-dealkylation sites (tertiary alicyclic amines) is 1. The maximum atomic E-state index is 12.4. The van der Waals surface area contributed by atoms with Crippen LogP contribution < -0.4 is 10.1 Å². The zero-order valence-electron chi connectivity index (χ0n) is 15.8. The summed E-state index contributed by atoms with van der Waals surface area (Å²) in [7, 11) is 1.64. The molecule has 6 nitrogen and oxygen atoms in total. The molecule has 1 fully saturated rings. The number of aromatic nitrogens is 2. The fourth-order valence-electron chi connectivity index (χ4n) is 3.28. The maximum Gasteiger partial charge on any atom is 0.269 e. The van der Waals surface area contributed by atoms with Gasteiger partial charge in [0.05, 0.1) is 12.8 Å². The second kappa shape index (κ2) is 8.36. The molecule has 0 bridgehead atoms. The number of hydrogen-bond acceptors (Lipinski definition) is 4. The standard InChI is InChI=1S/C20H28N4O2/c1-14-8-10-24(11-9-14)15(2)13-21-20(25)19-12-18(22-23-19)16-4-6-17(26-3)7-5-16/h4-7,12,14-15H,8-11,13H2,1-3H3,(H,21,25)(H,22,23)/t15-/m1/s1. The van der Waals surface area contributed by atoms with Crippen molar-refractivity contribution in [3.05, 3.63) is 36.0 Å². The van der Waals surface area contributed by atoms with Gasteiger partial charge in [0, 0.05) is 18.2 Å². The van der Waals surface area contributed by atoms with Crippen molar-refractivity contribution in [2.24, 2.45) is 5.92 Å². The van der Waals surface area contributed by atoms with Gasteiger partial charge in [-0.2, -0.15) is 5.10 Å². The quantitative estimate of drug-likeness (QED) is 0.835. The van der Waals surface area contributed by atoms with Gasteiger partial charge in [0.1, 0.15) is 11.4 Å². The third-order valence-electron chi connectivity index (χ3n) is 5.21. The van der Waals surface area contributed by atoms with E-state index in [0.29, 0.717) is 18.3 Å². The molecule has 0 aliphatic carbocycles. The Bertz CT molecular complexity index is 718. The van der Waals surface area contributed by atoms with Gasteiger partial charge in [0.25, 0.3) is 5.91 Å². The van der Waals surface area contributed by atoms with Crippen LogP contribution in [0.15, 0.2) is 30.3 Å². The summed E-state index contributed by atoms with van der Waals surface area (Å²) in [5.41, 5.74) is 2.17. The van der Waals surface area contributed by atoms with E-state index in [1.165, 1.54) is 12.8 Å². The molecule has 0 radical (unpaired) electrons. The summed E-state index contributed by atoms with van der Waals surface area (Å²) in [5, 5.41) is 10.1. The number of carbonyl (C=O) groups is 1. The number of carbonyl (C=O) groups excluding carboxylic acids is 1. The van der Waals surface area contributed by atoms with Gasteiger partial charge >= 0.3 is 0 Å². The summed E-state index contributed by atoms with van der Waals surface area (Å²) in [4.78, 5) is 14.9. The molecule has 2 N–H and O–H groups in total. The highest BCUT2D eigenvalue weighted by Gasteiger charge is 2.21. The van der Waals surface area contributed by atoms with Crippen LogP contribution in [0.2, 0.25) is 0 Å². The SMILES string of the molecule is COc1ccc(-c2cc(C(=O)NC[C@@H](C)N3CCC(C)CC3)[nH]n2)cc1. The average Bonchev–Trinajstić information content (AvgIpc) is 3.17. The topological polar surface area (TPSA) is 70.2 Å². The van der Waals surface area contributed by atoms with Crippen molar-refractivity contribution in [3.63, 3.8) is 0 Å². The Hall–Kier alpha value is -2.34. The Balaban J connectivity index is 1.54. The molecule has 1 aliphatic heterocycles. The number of hydrogen-bond donors (Lipinski definition) is 2. The highest BCUT2D eigenvalue weighted by molar-refractivity contribution is 5.93. The van der Waals surface area contributed by atoms with E-state index in [4.69, 9.17) is 4.74 Å². The van der Waals surface area contributed by atoms with Crippen LogP contribution in [-0.4, -0.2) is 53.8 Å². The van der Waals surface area contributed by atoms with Crippen molar-refractivity contribution in [1.29, 1.82) is 0 Å². The predicted octanol–water partition coefficient (Wildman–Crippen LogP) is 2.94. The third-order valence-corrected chi connectivity index (χ3v) is 5.21. The van der Waals surface area contributed by atoms with Gasteiger partial charge in [0.15, 0.2) is 0 Å². The largest absolute Gasteiger partial charge is 0.497 e. The van der Waals surface area contributed by atoms with Crippen LogP contribution in [0.25, 0.3) is 11.3 Å². The van der Waals surface area contributed by atoms with Gasteiger partial charge in [-0.3, -0.25) is 14.8 Å². The van der Waals surface area contributed by atoms with E-state index in [1.54, 1.807) is 13.2 Å². The minimum absolute atomic E-state index is 0.116. The number of rotatable bonds is 6. The molecular formula is C20H28N4O2. The minimum atomic E-state index is -0.116. The van der Waals surface area contributed by atoms with Crippen LogP contribution in [0, 0.1) is 5.92 Å². The van der Waals surface area contributed by atoms with Crippen molar-refractivity contribution >= 4 is 5.91 Å². The molecule has 3 rings (SSSR count). The molecule has 0 spiro atoms. The Morgan fingerprint density at radius 3 is 2.69 bits per heavy atom. The Labute approximate surface area is 154 Å². The smallest absolute Gasteiger partial charge is 0.269 e. The first-order chi connectivity index (χ1) is 12.6. The fourth-order valence-corrected chi connectivity index (χ4v) is 3.28. The lowest BCUT2D eigenvalue weighted by atomic mass is 9.98. The monoisotopic (exact) mass is 356 g/mol. The molecule has 0 unspecified atom stereocenters. The first kappa shape index (κ1) is 18.5. The number of nitrogens with one attached hydrogen (secondary N) is 2. The molecule has 140 valence electrons. The number of methoxy groups -OCH3 is 1.